The third-order valence-corrected chi connectivity index (χ3v) is 13.5. The minimum absolute atomic E-state index is 0. The van der Waals surface area contributed by atoms with Crippen LogP contribution in [0.4, 0.5) is 5.69 Å². The summed E-state index contributed by atoms with van der Waals surface area (Å²) >= 11 is 4.24. The van der Waals surface area contributed by atoms with Gasteiger partial charge in [0.25, 0.3) is 10.0 Å². The summed E-state index contributed by atoms with van der Waals surface area (Å²) in [6.45, 7) is 1.27. The number of rotatable bonds is 22. The van der Waals surface area contributed by atoms with Crippen molar-refractivity contribution in [3.63, 3.8) is 0 Å². The number of hydrogen-bond donors (Lipinski definition) is 7. The number of nitrogens with two attached hydrogens (primary N) is 1. The van der Waals surface area contributed by atoms with Crippen molar-refractivity contribution in [1.29, 1.82) is 0 Å². The second-order valence-electron chi connectivity index (χ2n) is 16.1. The molecule has 364 valence electrons. The minimum atomic E-state index is -3.97. The monoisotopic (exact) mass is 1150 g/mol. The number of sulfonamides is 1. The van der Waals surface area contributed by atoms with Gasteiger partial charge < -0.3 is 31.3 Å². The summed E-state index contributed by atoms with van der Waals surface area (Å²) in [5.41, 5.74) is 2.82. The normalized spacial score (nSPS) is 15.3. The number of amides is 3. The van der Waals surface area contributed by atoms with Crippen LogP contribution in [0.15, 0.2) is 63.5 Å². The van der Waals surface area contributed by atoms with E-state index in [2.05, 4.69) is 42.0 Å². The molecule has 68 heavy (non-hydrogen) atoms. The van der Waals surface area contributed by atoms with E-state index in [9.17, 15) is 52.5 Å². The zero-order valence-electron chi connectivity index (χ0n) is 37.3. The number of aryl methyl sites for hydroxylation is 1. The number of aliphatic carboxylic acids is 3. The van der Waals surface area contributed by atoms with Crippen molar-refractivity contribution in [2.45, 2.75) is 48.9 Å². The predicted molar refractivity (Wildman–Crippen MR) is 257 cm³/mol. The molecule has 1 aliphatic heterocycles. The van der Waals surface area contributed by atoms with E-state index in [4.69, 9.17) is 5.14 Å². The predicted octanol–water partition coefficient (Wildman–Crippen LogP) is 0.695. The van der Waals surface area contributed by atoms with Crippen molar-refractivity contribution < 1.29 is 52.5 Å². The maximum atomic E-state index is 13.3. The maximum Gasteiger partial charge on any atom is 3.00 e. The van der Waals surface area contributed by atoms with Crippen molar-refractivity contribution in [3.8, 4) is 11.3 Å². The Kier molecular flexibility index (Phi) is 22.7. The summed E-state index contributed by atoms with van der Waals surface area (Å²) in [4.78, 5) is 86.4. The quantitative estimate of drug-likeness (QED) is 0.0533. The summed E-state index contributed by atoms with van der Waals surface area (Å²) in [5.74, 6) is -4.35. The topological polar surface area (TPSA) is 303 Å². The maximum absolute atomic E-state index is 13.3. The summed E-state index contributed by atoms with van der Waals surface area (Å²) in [5, 5.41) is 46.7. The van der Waals surface area contributed by atoms with E-state index < -0.39 is 39.9 Å². The molecule has 0 saturated carbocycles. The van der Waals surface area contributed by atoms with Crippen LogP contribution in [0.3, 0.4) is 0 Å². The summed E-state index contributed by atoms with van der Waals surface area (Å²) < 4.78 is 25.3. The molecule has 1 fully saturated rings. The largest absolute Gasteiger partial charge is 3.00 e. The van der Waals surface area contributed by atoms with E-state index in [1.807, 2.05) is 29.2 Å². The molecule has 8 N–H and O–H groups in total. The van der Waals surface area contributed by atoms with Crippen LogP contribution in [-0.2, 0) is 45.2 Å². The Morgan fingerprint density at radius 3 is 1.79 bits per heavy atom. The number of nitrogens with zero attached hydrogens (tertiary/aromatic N) is 7. The van der Waals surface area contributed by atoms with Crippen LogP contribution in [0.25, 0.3) is 16.2 Å². The first-order valence-corrected chi connectivity index (χ1v) is 24.7. The van der Waals surface area contributed by atoms with Crippen LogP contribution in [-0.4, -0.2) is 211 Å². The first-order valence-electron chi connectivity index (χ1n) is 21.6. The van der Waals surface area contributed by atoms with Gasteiger partial charge in [-0.3, -0.25) is 43.6 Å². The number of primary sulfonamides is 1. The number of carboxylic acid groups (broad SMARTS) is 3. The Balaban J connectivity index is 0.0000101. The molecule has 5 rings (SSSR count). The fraction of sp³-hybridized carbons (Fsp3) is 0.476. The van der Waals surface area contributed by atoms with Gasteiger partial charge in [-0.25, -0.2) is 27.9 Å². The first-order chi connectivity index (χ1) is 31.9. The molecule has 1 aliphatic rings. The van der Waals surface area contributed by atoms with Crippen molar-refractivity contribution in [1.82, 2.24) is 44.8 Å². The van der Waals surface area contributed by atoms with Gasteiger partial charge in [0.15, 0.2) is 0 Å². The SMILES string of the molecule is NS(=O)(=O)c1nn2cc(-c3ccc(NC(=O)CN4CCN(CC(=O)O)CCN(CC(=O)N[C@@H](CCCCNC(=O)CCCc5ccc(Br)cc5)C(=O)O)CCN(CC(=O)O)CC4)cc3)nc2s1.[In+3]. The molecule has 0 bridgehead atoms. The number of halogens is 1. The number of carbonyl (C=O) groups is 6. The Hall–Kier alpha value is -4.54. The Labute approximate surface area is 424 Å². The van der Waals surface area contributed by atoms with Crippen LogP contribution in [0, 0.1) is 0 Å². The van der Waals surface area contributed by atoms with Crippen LogP contribution in [0.1, 0.15) is 37.7 Å². The van der Waals surface area contributed by atoms with E-state index in [0.29, 0.717) is 54.1 Å². The van der Waals surface area contributed by atoms with Gasteiger partial charge in [0.1, 0.15) is 6.04 Å². The third-order valence-electron chi connectivity index (χ3n) is 10.8. The molecule has 1 atom stereocenters. The van der Waals surface area contributed by atoms with Crippen molar-refractivity contribution in [3.05, 3.63) is 64.8 Å². The summed E-state index contributed by atoms with van der Waals surface area (Å²) in [6, 6.07) is 13.5. The second kappa shape index (κ2) is 27.6. The number of benzene rings is 2. The van der Waals surface area contributed by atoms with Crippen LogP contribution >= 0.6 is 27.3 Å². The molecule has 3 heterocycles. The van der Waals surface area contributed by atoms with E-state index in [1.54, 1.807) is 45.2 Å². The van der Waals surface area contributed by atoms with Crippen LogP contribution in [0.5, 0.6) is 0 Å². The molecule has 4 aromatic rings. The zero-order valence-corrected chi connectivity index (χ0v) is 43.8. The molecule has 26 heteroatoms. The average molecular weight is 1150 g/mol. The number of unbranched alkanes of at least 4 members (excludes halogenated alkanes) is 1. The van der Waals surface area contributed by atoms with Gasteiger partial charge in [0.2, 0.25) is 27.0 Å². The number of anilines is 1. The van der Waals surface area contributed by atoms with E-state index in [-0.39, 0.29) is 127 Å². The molecule has 0 unspecified atom stereocenters. The van der Waals surface area contributed by atoms with Gasteiger partial charge in [-0.05, 0) is 61.9 Å². The van der Waals surface area contributed by atoms with E-state index in [1.165, 1.54) is 4.52 Å². The van der Waals surface area contributed by atoms with E-state index >= 15 is 0 Å². The number of carbonyl (C=O) groups excluding carboxylic acids is 3. The number of imidazole rings is 1. The Bertz CT molecular complexity index is 2380. The molecule has 2 aromatic carbocycles. The fourth-order valence-corrected chi connectivity index (χ4v) is 9.02. The summed E-state index contributed by atoms with van der Waals surface area (Å²) in [7, 11) is -3.97. The number of fused-ring (bicyclic) bond motifs is 1. The third kappa shape index (κ3) is 19.5. The molecule has 2 aromatic heterocycles. The molecular weight excluding hydrogens is 1090 g/mol. The Morgan fingerprint density at radius 1 is 0.735 bits per heavy atom. The van der Waals surface area contributed by atoms with Crippen molar-refractivity contribution in [2.75, 3.05) is 90.4 Å². The average Bonchev–Trinajstić information content (AvgIpc) is 3.86. The van der Waals surface area contributed by atoms with Crippen molar-refractivity contribution in [2.24, 2.45) is 5.14 Å². The van der Waals surface area contributed by atoms with Gasteiger partial charge in [-0.15, -0.1) is 5.10 Å². The minimum Gasteiger partial charge on any atom is -0.480 e. The number of nitrogens with one attached hydrogen (secondary N) is 3. The van der Waals surface area contributed by atoms with Gasteiger partial charge in [0, 0.05) is 81.0 Å². The van der Waals surface area contributed by atoms with Crippen LogP contribution in [0.2, 0.25) is 0 Å². The fourth-order valence-electron chi connectivity index (χ4n) is 7.25. The van der Waals surface area contributed by atoms with E-state index in [0.717, 1.165) is 27.8 Å². The van der Waals surface area contributed by atoms with Crippen molar-refractivity contribution >= 4 is 109 Å². The molecule has 0 spiro atoms. The zero-order chi connectivity index (χ0) is 48.5. The first kappa shape index (κ1) is 56.1. The molecule has 3 amide bonds. The summed E-state index contributed by atoms with van der Waals surface area (Å²) in [6.07, 6.45) is 4.47. The number of carboxylic acids is 3. The Morgan fingerprint density at radius 2 is 1.28 bits per heavy atom. The van der Waals surface area contributed by atoms with Gasteiger partial charge >= 0.3 is 43.8 Å². The van der Waals surface area contributed by atoms with Gasteiger partial charge in [0.05, 0.1) is 38.1 Å². The standard InChI is InChI=1S/C42H56BrN11O11S2.In/c43-31-11-7-29(8-12-31)4-3-6-35(55)45-15-2-1-5-33(40(62)63)47-37(57)26-51-18-22-52(27-38(58)59)20-16-50(17-21-53(23-19-51)28-39(60)61)25-36(56)46-32-13-9-30(10-14-32)34-24-54-41(48-34)66-42(49-54)67(44,64)65;/h7-14,24,33H,1-6,15-23,25-28H2,(H,45,55)(H,46,56)(H,47,57)(H,58,59)(H,60,61)(H,62,63)(H2,44,64,65);/q;+3/t33-;/m0./s1. The second-order valence-corrected chi connectivity index (χ2v) is 19.7. The molecule has 0 aliphatic carbocycles. The smallest absolute Gasteiger partial charge is 0.480 e. The molecule has 1 saturated heterocycles. The van der Waals surface area contributed by atoms with Crippen LogP contribution < -0.4 is 21.1 Å². The van der Waals surface area contributed by atoms with Gasteiger partial charge in [-0.1, -0.05) is 51.5 Å². The molecule has 22 nitrogen and oxygen atoms in total. The number of aromatic nitrogens is 3. The molecular formula is C42H56BrInN11O11S2+3. The number of hydrogen-bond acceptors (Lipinski definition) is 15. The van der Waals surface area contributed by atoms with Gasteiger partial charge in [-0.2, -0.15) is 0 Å². The molecule has 0 radical (unpaired) electrons.